The highest BCUT2D eigenvalue weighted by Gasteiger charge is 2.41. The molecule has 3 aliphatic rings. The molecule has 1 saturated carbocycles. The minimum Gasteiger partial charge on any atom is -0.267 e. The van der Waals surface area contributed by atoms with Gasteiger partial charge in [0.25, 0.3) is 0 Å². The van der Waals surface area contributed by atoms with Crippen molar-refractivity contribution in [3.8, 4) is 0 Å². The zero-order valence-corrected chi connectivity index (χ0v) is 12.3. The van der Waals surface area contributed by atoms with Gasteiger partial charge in [0.1, 0.15) is 0 Å². The minimum atomic E-state index is 0.178. The third-order valence-electron chi connectivity index (χ3n) is 4.99. The number of nitrogens with one attached hydrogen (secondary N) is 1. The second kappa shape index (κ2) is 6.38. The lowest BCUT2D eigenvalue weighted by Gasteiger charge is -2.33. The summed E-state index contributed by atoms with van der Waals surface area (Å²) in [5.74, 6) is 0. The second-order valence-electron chi connectivity index (χ2n) is 6.21. The van der Waals surface area contributed by atoms with Crippen LogP contribution in [0, 0.1) is 5.41 Å². The Kier molecular flexibility index (Phi) is 4.34. The molecule has 0 spiro atoms. The van der Waals surface area contributed by atoms with Crippen LogP contribution >= 0.6 is 0 Å². The first-order valence-electron chi connectivity index (χ1n) is 8.15. The summed E-state index contributed by atoms with van der Waals surface area (Å²) in [6.45, 7) is 0. The summed E-state index contributed by atoms with van der Waals surface area (Å²) in [7, 11) is 0. The molecule has 3 rings (SSSR count). The van der Waals surface area contributed by atoms with Crippen LogP contribution in [0.1, 0.15) is 64.2 Å². The zero-order chi connectivity index (χ0) is 13.7. The van der Waals surface area contributed by atoms with Gasteiger partial charge in [0.15, 0.2) is 0 Å². The molecule has 1 aliphatic heterocycles. The molecule has 0 aromatic heterocycles. The van der Waals surface area contributed by atoms with E-state index in [0.29, 0.717) is 0 Å². The first-order valence-corrected chi connectivity index (χ1v) is 8.15. The van der Waals surface area contributed by atoms with E-state index >= 15 is 0 Å². The van der Waals surface area contributed by atoms with Crippen molar-refractivity contribution in [3.63, 3.8) is 0 Å². The van der Waals surface area contributed by atoms with Crippen LogP contribution in [0.15, 0.2) is 46.0 Å². The molecule has 1 fully saturated rings. The van der Waals surface area contributed by atoms with Gasteiger partial charge in [0.05, 0.1) is 5.70 Å². The molecular weight excluding hydrogens is 246 g/mol. The molecule has 1 N–H and O–H groups in total. The van der Waals surface area contributed by atoms with Gasteiger partial charge in [-0.25, -0.2) is 0 Å². The standard InChI is InChI=1S/C17H25N3/c1-2-4-9-15(10-5-3-1)17(12-6-7-13-17)16-11-8-14-18-20-19-16/h8-9,11,14H,1-7,10,12-13H2,(H,18,19). The molecule has 2 aliphatic carbocycles. The fourth-order valence-electron chi connectivity index (χ4n) is 3.93. The molecule has 0 aromatic carbocycles. The van der Waals surface area contributed by atoms with Crippen molar-refractivity contribution < 1.29 is 0 Å². The van der Waals surface area contributed by atoms with Crippen molar-refractivity contribution in [1.82, 2.24) is 5.43 Å². The average Bonchev–Trinajstić information content (AvgIpc) is 2.75. The maximum Gasteiger partial charge on any atom is 0.0750 e. The lowest BCUT2D eigenvalue weighted by Crippen LogP contribution is -2.22. The van der Waals surface area contributed by atoms with Gasteiger partial charge in [-0.3, -0.25) is 5.43 Å². The smallest absolute Gasteiger partial charge is 0.0750 e. The van der Waals surface area contributed by atoms with Crippen LogP contribution in [0.25, 0.3) is 0 Å². The average molecular weight is 271 g/mol. The molecule has 0 amide bonds. The van der Waals surface area contributed by atoms with Crippen LogP contribution < -0.4 is 5.43 Å². The molecule has 0 aromatic rings. The van der Waals surface area contributed by atoms with Crippen LogP contribution in [0.2, 0.25) is 0 Å². The Morgan fingerprint density at radius 2 is 1.85 bits per heavy atom. The molecule has 3 nitrogen and oxygen atoms in total. The van der Waals surface area contributed by atoms with Gasteiger partial charge in [-0.1, -0.05) is 42.6 Å². The van der Waals surface area contributed by atoms with Gasteiger partial charge >= 0.3 is 0 Å². The summed E-state index contributed by atoms with van der Waals surface area (Å²) in [6, 6.07) is 0. The lowest BCUT2D eigenvalue weighted by atomic mass is 9.72. The van der Waals surface area contributed by atoms with Gasteiger partial charge in [-0.2, -0.15) is 0 Å². The van der Waals surface area contributed by atoms with Crippen molar-refractivity contribution in [2.75, 3.05) is 0 Å². The molecule has 1 heterocycles. The molecule has 0 radical (unpaired) electrons. The Hall–Kier alpha value is -1.38. The molecule has 20 heavy (non-hydrogen) atoms. The minimum absolute atomic E-state index is 0.178. The van der Waals surface area contributed by atoms with E-state index in [9.17, 15) is 0 Å². The maximum atomic E-state index is 4.48. The molecule has 108 valence electrons. The van der Waals surface area contributed by atoms with E-state index in [-0.39, 0.29) is 5.41 Å². The normalized spacial score (nSPS) is 26.0. The lowest BCUT2D eigenvalue weighted by molar-refractivity contribution is 0.407. The van der Waals surface area contributed by atoms with E-state index in [1.165, 1.54) is 69.9 Å². The van der Waals surface area contributed by atoms with Gasteiger partial charge in [-0.15, -0.1) is 5.11 Å². The molecular formula is C17H25N3. The summed E-state index contributed by atoms with van der Waals surface area (Å²) in [5, 5.41) is 8.55. The Labute approximate surface area is 121 Å². The first kappa shape index (κ1) is 13.6. The number of hydrogen-bond donors (Lipinski definition) is 1. The van der Waals surface area contributed by atoms with Crippen molar-refractivity contribution in [3.05, 3.63) is 35.7 Å². The van der Waals surface area contributed by atoms with E-state index < -0.39 is 0 Å². The Morgan fingerprint density at radius 3 is 2.75 bits per heavy atom. The van der Waals surface area contributed by atoms with Crippen LogP contribution in [-0.2, 0) is 0 Å². The second-order valence-corrected chi connectivity index (χ2v) is 6.21. The van der Waals surface area contributed by atoms with E-state index in [1.807, 2.05) is 12.3 Å². The fourth-order valence-corrected chi connectivity index (χ4v) is 3.93. The van der Waals surface area contributed by atoms with Crippen LogP contribution in [0.3, 0.4) is 0 Å². The van der Waals surface area contributed by atoms with E-state index in [0.717, 1.165) is 0 Å². The first-order chi connectivity index (χ1) is 9.92. The summed E-state index contributed by atoms with van der Waals surface area (Å²) in [6.07, 6.45) is 21.7. The number of nitrogens with zero attached hydrogens (tertiary/aromatic N) is 2. The quantitative estimate of drug-likeness (QED) is 0.689. The molecule has 3 heteroatoms. The van der Waals surface area contributed by atoms with Crippen LogP contribution in [0.5, 0.6) is 0 Å². The monoisotopic (exact) mass is 271 g/mol. The summed E-state index contributed by atoms with van der Waals surface area (Å²) in [5.41, 5.74) is 5.85. The predicted molar refractivity (Wildman–Crippen MR) is 81.9 cm³/mol. The summed E-state index contributed by atoms with van der Waals surface area (Å²) in [4.78, 5) is 0. The highest BCUT2D eigenvalue weighted by molar-refractivity contribution is 5.33. The largest absolute Gasteiger partial charge is 0.267 e. The van der Waals surface area contributed by atoms with E-state index in [2.05, 4.69) is 27.9 Å². The fraction of sp³-hybridized carbons (Fsp3) is 0.647. The third-order valence-corrected chi connectivity index (χ3v) is 4.99. The van der Waals surface area contributed by atoms with Gasteiger partial charge in [-0.05, 0) is 50.7 Å². The van der Waals surface area contributed by atoms with Crippen molar-refractivity contribution in [2.24, 2.45) is 15.8 Å². The highest BCUT2D eigenvalue weighted by atomic mass is 15.4. The topological polar surface area (TPSA) is 36.8 Å². The van der Waals surface area contributed by atoms with Gasteiger partial charge in [0.2, 0.25) is 0 Å². The van der Waals surface area contributed by atoms with Crippen molar-refractivity contribution >= 4 is 0 Å². The van der Waals surface area contributed by atoms with E-state index in [4.69, 9.17) is 0 Å². The van der Waals surface area contributed by atoms with Crippen LogP contribution in [-0.4, -0.2) is 0 Å². The summed E-state index contributed by atoms with van der Waals surface area (Å²) >= 11 is 0. The Bertz CT molecular complexity index is 451. The number of hydrogen-bond acceptors (Lipinski definition) is 3. The van der Waals surface area contributed by atoms with Crippen LogP contribution in [0.4, 0.5) is 0 Å². The SMILES string of the molecule is C1=CNN=NC(C2(C3=CCCCCCC3)CCCC2)=C1. The number of allylic oxidation sites excluding steroid dienone is 4. The highest BCUT2D eigenvalue weighted by Crippen LogP contribution is 2.52. The Balaban J connectivity index is 1.94. The number of rotatable bonds is 2. The third kappa shape index (κ3) is 2.72. The maximum absolute atomic E-state index is 4.48. The Morgan fingerprint density at radius 1 is 1.00 bits per heavy atom. The van der Waals surface area contributed by atoms with Gasteiger partial charge < -0.3 is 0 Å². The van der Waals surface area contributed by atoms with Crippen molar-refractivity contribution in [1.29, 1.82) is 0 Å². The molecule has 0 bridgehead atoms. The van der Waals surface area contributed by atoms with Crippen molar-refractivity contribution in [2.45, 2.75) is 64.2 Å². The molecule has 0 unspecified atom stereocenters. The van der Waals surface area contributed by atoms with E-state index in [1.54, 1.807) is 5.57 Å². The molecule has 0 atom stereocenters. The predicted octanol–water partition coefficient (Wildman–Crippen LogP) is 5.20. The zero-order valence-electron chi connectivity index (χ0n) is 12.3. The summed E-state index contributed by atoms with van der Waals surface area (Å²) < 4.78 is 0. The molecule has 0 saturated heterocycles. The van der Waals surface area contributed by atoms with Gasteiger partial charge in [0, 0.05) is 11.6 Å².